The molecule has 0 aromatic heterocycles. The predicted octanol–water partition coefficient (Wildman–Crippen LogP) is 0.147. The maximum absolute atomic E-state index is 10.6. The van der Waals surface area contributed by atoms with Crippen LogP contribution in [0, 0.1) is 0 Å². The Morgan fingerprint density at radius 3 is 1.85 bits per heavy atom. The van der Waals surface area contributed by atoms with Gasteiger partial charge in [0.15, 0.2) is 0 Å². The van der Waals surface area contributed by atoms with Gasteiger partial charge in [0.05, 0.1) is 0 Å². The molecule has 0 saturated carbocycles. The summed E-state index contributed by atoms with van der Waals surface area (Å²) in [6.07, 6.45) is 2.95. The molecule has 0 aliphatic carbocycles. The zero-order valence-electron chi connectivity index (χ0n) is 6.89. The summed E-state index contributed by atoms with van der Waals surface area (Å²) in [5, 5.41) is 0. The summed E-state index contributed by atoms with van der Waals surface area (Å²) in [5.74, 6) is 0. The number of hydrogen-bond donors (Lipinski definition) is 2. The van der Waals surface area contributed by atoms with Crippen LogP contribution in [0.3, 0.4) is 0 Å². The summed E-state index contributed by atoms with van der Waals surface area (Å²) < 4.78 is 10.6. The Morgan fingerprint density at radius 1 is 1.23 bits per heavy atom. The Labute approximate surface area is 121 Å². The van der Waals surface area contributed by atoms with E-state index in [1.165, 1.54) is 0 Å². The molecule has 0 spiro atoms. The molecule has 0 aliphatic rings. The van der Waals surface area contributed by atoms with Crippen molar-refractivity contribution < 1.29 is 14.4 Å². The molecule has 0 atom stereocenters. The van der Waals surface area contributed by atoms with Crippen LogP contribution in [-0.2, 0) is 4.57 Å². The van der Waals surface area contributed by atoms with E-state index >= 15 is 0 Å². The average Bonchev–Trinajstić information content (AvgIpc) is 1.84. The van der Waals surface area contributed by atoms with Gasteiger partial charge in [-0.1, -0.05) is 12.2 Å². The molecule has 0 bridgehead atoms. The van der Waals surface area contributed by atoms with Gasteiger partial charge in [-0.15, -0.1) is 13.2 Å². The van der Waals surface area contributed by atoms with Crippen LogP contribution in [0.2, 0.25) is 0 Å². The minimum atomic E-state index is -3.95. The fourth-order valence-corrected chi connectivity index (χ4v) is 1.57. The van der Waals surface area contributed by atoms with Crippen LogP contribution in [-0.4, -0.2) is 85.4 Å². The average molecular weight is 231 g/mol. The quantitative estimate of drug-likeness (QED) is 0.388. The van der Waals surface area contributed by atoms with Crippen LogP contribution in [0.5, 0.6) is 0 Å². The van der Waals surface area contributed by atoms with Gasteiger partial charge in [-0.05, 0) is 0 Å². The van der Waals surface area contributed by atoms with Crippen molar-refractivity contribution in [1.29, 1.82) is 0 Å². The van der Waals surface area contributed by atoms with E-state index in [4.69, 9.17) is 9.79 Å². The normalized spacial score (nSPS) is 10.7. The molecule has 13 heavy (non-hydrogen) atoms. The molecular formula is C7H15KNO3P. The van der Waals surface area contributed by atoms with Gasteiger partial charge in [0.2, 0.25) is 0 Å². The van der Waals surface area contributed by atoms with Gasteiger partial charge >= 0.3 is 59.0 Å². The van der Waals surface area contributed by atoms with Crippen LogP contribution in [0.15, 0.2) is 25.3 Å². The minimum absolute atomic E-state index is 0. The third-order valence-electron chi connectivity index (χ3n) is 1.16. The third-order valence-corrected chi connectivity index (χ3v) is 1.93. The first-order valence-electron chi connectivity index (χ1n) is 3.48. The first kappa shape index (κ1) is 16.6. The molecule has 72 valence electrons. The standard InChI is InChI=1S/C7H14NO3P.K.H/c1-3-5-8(6-4-2)7-12(9,10)11;;/h3-4H,1-2,5-7H2,(H2,9,10,11);;. The summed E-state index contributed by atoms with van der Waals surface area (Å²) in [4.78, 5) is 18.9. The Morgan fingerprint density at radius 2 is 1.62 bits per heavy atom. The number of rotatable bonds is 6. The van der Waals surface area contributed by atoms with Gasteiger partial charge in [0, 0.05) is 13.1 Å². The van der Waals surface area contributed by atoms with E-state index < -0.39 is 7.60 Å². The van der Waals surface area contributed by atoms with Crippen LogP contribution >= 0.6 is 7.60 Å². The zero-order chi connectivity index (χ0) is 9.61. The second-order valence-corrected chi connectivity index (χ2v) is 4.03. The van der Waals surface area contributed by atoms with E-state index in [1.54, 1.807) is 17.1 Å². The fourth-order valence-electron chi connectivity index (χ4n) is 0.816. The van der Waals surface area contributed by atoms with Gasteiger partial charge in [0.25, 0.3) is 0 Å². The molecule has 6 heteroatoms. The van der Waals surface area contributed by atoms with Crippen molar-refractivity contribution in [2.75, 3.05) is 19.4 Å². The molecule has 0 rings (SSSR count). The topological polar surface area (TPSA) is 60.8 Å². The Bertz CT molecular complexity index is 194. The zero-order valence-corrected chi connectivity index (χ0v) is 7.78. The molecular weight excluding hydrogens is 216 g/mol. The van der Waals surface area contributed by atoms with Crippen molar-refractivity contribution in [2.24, 2.45) is 0 Å². The van der Waals surface area contributed by atoms with Crippen molar-refractivity contribution in [1.82, 2.24) is 4.90 Å². The van der Waals surface area contributed by atoms with E-state index in [0.717, 1.165) is 0 Å². The molecule has 0 aliphatic heterocycles. The van der Waals surface area contributed by atoms with Gasteiger partial charge in [0.1, 0.15) is 6.29 Å². The van der Waals surface area contributed by atoms with Crippen LogP contribution in [0.25, 0.3) is 0 Å². The first-order chi connectivity index (χ1) is 5.49. The Kier molecular flexibility index (Phi) is 10.9. The summed E-state index contributed by atoms with van der Waals surface area (Å²) in [5.41, 5.74) is 0. The molecule has 0 saturated heterocycles. The first-order valence-corrected chi connectivity index (χ1v) is 5.28. The summed E-state index contributed by atoms with van der Waals surface area (Å²) in [7, 11) is -3.95. The van der Waals surface area contributed by atoms with E-state index in [-0.39, 0.29) is 57.7 Å². The molecule has 2 N–H and O–H groups in total. The molecule has 0 aromatic carbocycles. The predicted molar refractivity (Wildman–Crippen MR) is 56.0 cm³/mol. The van der Waals surface area contributed by atoms with E-state index in [0.29, 0.717) is 13.1 Å². The molecule has 4 nitrogen and oxygen atoms in total. The van der Waals surface area contributed by atoms with Gasteiger partial charge < -0.3 is 9.79 Å². The van der Waals surface area contributed by atoms with E-state index in [2.05, 4.69) is 13.2 Å². The molecule has 0 fully saturated rings. The van der Waals surface area contributed by atoms with Crippen molar-refractivity contribution in [3.63, 3.8) is 0 Å². The Balaban J connectivity index is 0. The SMILES string of the molecule is C=CCN(CC=C)CP(=O)(O)O.[KH]. The van der Waals surface area contributed by atoms with Crippen molar-refractivity contribution in [3.05, 3.63) is 25.3 Å². The number of nitrogens with zero attached hydrogens (tertiary/aromatic N) is 1. The molecule has 0 unspecified atom stereocenters. The van der Waals surface area contributed by atoms with Crippen molar-refractivity contribution in [3.8, 4) is 0 Å². The van der Waals surface area contributed by atoms with Gasteiger partial charge in [-0.25, -0.2) is 0 Å². The van der Waals surface area contributed by atoms with Gasteiger partial charge in [-0.2, -0.15) is 0 Å². The van der Waals surface area contributed by atoms with Gasteiger partial charge in [-0.3, -0.25) is 9.46 Å². The molecule has 0 aromatic rings. The van der Waals surface area contributed by atoms with Crippen molar-refractivity contribution >= 4 is 59.0 Å². The van der Waals surface area contributed by atoms with Crippen LogP contribution in [0.1, 0.15) is 0 Å². The fraction of sp³-hybridized carbons (Fsp3) is 0.429. The van der Waals surface area contributed by atoms with E-state index in [9.17, 15) is 4.57 Å². The monoisotopic (exact) mass is 231 g/mol. The van der Waals surface area contributed by atoms with E-state index in [1.807, 2.05) is 0 Å². The Hall–Kier alpha value is 1.23. The summed E-state index contributed by atoms with van der Waals surface area (Å²) in [6.45, 7) is 7.88. The second kappa shape index (κ2) is 8.53. The maximum atomic E-state index is 10.6. The third kappa shape index (κ3) is 11.2. The van der Waals surface area contributed by atoms with Crippen LogP contribution < -0.4 is 0 Å². The molecule has 0 heterocycles. The second-order valence-electron chi connectivity index (χ2n) is 2.42. The molecule has 0 amide bonds. The summed E-state index contributed by atoms with van der Waals surface area (Å²) >= 11 is 0. The molecule has 0 radical (unpaired) electrons. The number of hydrogen-bond acceptors (Lipinski definition) is 2. The van der Waals surface area contributed by atoms with Crippen molar-refractivity contribution in [2.45, 2.75) is 0 Å². The summed E-state index contributed by atoms with van der Waals surface area (Å²) in [6, 6.07) is 0. The van der Waals surface area contributed by atoms with Crippen LogP contribution in [0.4, 0.5) is 0 Å².